The van der Waals surface area contributed by atoms with E-state index in [0.29, 0.717) is 48.9 Å². The SMILES string of the molecule is COCCOCc1cc(OC)c(-c2ccc(C[C@H](NC(=O)[C@@H]3CCCN3S(=O)(=O)c3ccc(C(=O)O)cc3)C(=O)O)cc2)c(OC)c1. The van der Waals surface area contributed by atoms with E-state index in [-0.39, 0.29) is 29.8 Å². The van der Waals surface area contributed by atoms with Crippen molar-refractivity contribution in [3.05, 3.63) is 77.4 Å². The molecule has 1 amide bonds. The molecule has 0 aromatic heterocycles. The fourth-order valence-corrected chi connectivity index (χ4v) is 7.03. The number of aliphatic carboxylic acids is 1. The molecule has 13 nitrogen and oxygen atoms in total. The summed E-state index contributed by atoms with van der Waals surface area (Å²) in [6.45, 7) is 1.31. The molecule has 47 heavy (non-hydrogen) atoms. The van der Waals surface area contributed by atoms with Crippen LogP contribution in [0.25, 0.3) is 11.1 Å². The molecule has 0 unspecified atom stereocenters. The molecule has 0 aliphatic carbocycles. The molecule has 4 rings (SSSR count). The first-order valence-electron chi connectivity index (χ1n) is 14.8. The number of carboxylic acids is 2. The van der Waals surface area contributed by atoms with Gasteiger partial charge in [0.2, 0.25) is 15.9 Å². The van der Waals surface area contributed by atoms with Crippen LogP contribution < -0.4 is 14.8 Å². The summed E-state index contributed by atoms with van der Waals surface area (Å²) in [5.74, 6) is -2.07. The maximum atomic E-state index is 13.3. The zero-order chi connectivity index (χ0) is 34.1. The van der Waals surface area contributed by atoms with Crippen LogP contribution in [0.15, 0.2) is 65.6 Å². The third-order valence-corrected chi connectivity index (χ3v) is 9.70. The lowest BCUT2D eigenvalue weighted by molar-refractivity contribution is -0.142. The van der Waals surface area contributed by atoms with E-state index >= 15 is 0 Å². The van der Waals surface area contributed by atoms with E-state index in [9.17, 15) is 27.9 Å². The molecule has 3 aromatic carbocycles. The van der Waals surface area contributed by atoms with Crippen molar-refractivity contribution in [1.29, 1.82) is 0 Å². The van der Waals surface area contributed by atoms with Crippen molar-refractivity contribution in [1.82, 2.24) is 9.62 Å². The number of benzene rings is 3. The summed E-state index contributed by atoms with van der Waals surface area (Å²) >= 11 is 0. The number of carboxylic acid groups (broad SMARTS) is 2. The lowest BCUT2D eigenvalue weighted by Gasteiger charge is -2.25. The molecule has 14 heteroatoms. The number of ether oxygens (including phenoxy) is 4. The number of hydrogen-bond donors (Lipinski definition) is 3. The molecule has 1 saturated heterocycles. The minimum Gasteiger partial charge on any atom is -0.496 e. The Morgan fingerprint density at radius 1 is 0.915 bits per heavy atom. The molecular formula is C33H38N2O11S. The number of nitrogens with zero attached hydrogens (tertiary/aromatic N) is 1. The quantitative estimate of drug-likeness (QED) is 0.191. The predicted molar refractivity (Wildman–Crippen MR) is 170 cm³/mol. The van der Waals surface area contributed by atoms with Crippen molar-refractivity contribution in [2.45, 2.75) is 42.8 Å². The van der Waals surface area contributed by atoms with Gasteiger partial charge in [-0.05, 0) is 65.9 Å². The standard InChI is InChI=1S/C33H38N2O11S/c1-43-15-16-46-20-22-18-28(44-2)30(29(19-22)45-3)23-8-6-21(7-9-23)17-26(33(39)40)34-31(36)27-5-4-14-35(27)47(41,42)25-12-10-24(11-13-25)32(37)38/h6-13,18-19,26-27H,4-5,14-17,20H2,1-3H3,(H,34,36)(H,37,38)(H,39,40)/t26-,27-/m0/s1. The highest BCUT2D eigenvalue weighted by molar-refractivity contribution is 7.89. The van der Waals surface area contributed by atoms with Gasteiger partial charge in [-0.25, -0.2) is 18.0 Å². The van der Waals surface area contributed by atoms with Crippen molar-refractivity contribution < 1.29 is 52.0 Å². The van der Waals surface area contributed by atoms with Gasteiger partial charge in [0.05, 0.1) is 50.1 Å². The number of carbonyl (C=O) groups is 3. The van der Waals surface area contributed by atoms with E-state index < -0.39 is 40.0 Å². The van der Waals surface area contributed by atoms with Crippen LogP contribution in [0.3, 0.4) is 0 Å². The number of aromatic carboxylic acids is 1. The zero-order valence-corrected chi connectivity index (χ0v) is 27.1. The van der Waals surface area contributed by atoms with Gasteiger partial charge in [0.25, 0.3) is 0 Å². The number of rotatable bonds is 16. The number of sulfonamides is 1. The van der Waals surface area contributed by atoms with Gasteiger partial charge in [-0.1, -0.05) is 24.3 Å². The normalized spacial score (nSPS) is 15.6. The molecule has 2 atom stereocenters. The summed E-state index contributed by atoms with van der Waals surface area (Å²) in [4.78, 5) is 36.5. The van der Waals surface area contributed by atoms with Gasteiger partial charge in [-0.2, -0.15) is 4.31 Å². The molecule has 1 fully saturated rings. The van der Waals surface area contributed by atoms with Crippen molar-refractivity contribution >= 4 is 27.9 Å². The minimum atomic E-state index is -4.14. The minimum absolute atomic E-state index is 0.0521. The molecule has 1 heterocycles. The van der Waals surface area contributed by atoms with E-state index in [2.05, 4.69) is 5.32 Å². The van der Waals surface area contributed by atoms with Gasteiger partial charge in [-0.3, -0.25) is 4.79 Å². The predicted octanol–water partition coefficient (Wildman–Crippen LogP) is 3.20. The maximum Gasteiger partial charge on any atom is 0.335 e. The van der Waals surface area contributed by atoms with E-state index in [1.54, 1.807) is 45.6 Å². The van der Waals surface area contributed by atoms with Gasteiger partial charge < -0.3 is 34.5 Å². The van der Waals surface area contributed by atoms with Crippen LogP contribution >= 0.6 is 0 Å². The molecule has 1 aliphatic rings. The second-order valence-electron chi connectivity index (χ2n) is 10.8. The van der Waals surface area contributed by atoms with Crippen LogP contribution in [0.5, 0.6) is 11.5 Å². The average molecular weight is 671 g/mol. The Hall–Kier alpha value is -4.50. The Kier molecular flexibility index (Phi) is 11.9. The smallest absolute Gasteiger partial charge is 0.335 e. The summed E-state index contributed by atoms with van der Waals surface area (Å²) in [6.07, 6.45) is 0.559. The van der Waals surface area contributed by atoms with E-state index in [4.69, 9.17) is 24.1 Å². The molecule has 252 valence electrons. The molecule has 3 N–H and O–H groups in total. The Balaban J connectivity index is 1.48. The summed E-state index contributed by atoms with van der Waals surface area (Å²) in [7, 11) is 0.555. The Labute approximate surface area is 273 Å². The highest BCUT2D eigenvalue weighted by atomic mass is 32.2. The number of carbonyl (C=O) groups excluding carboxylic acids is 1. The summed E-state index contributed by atoms with van der Waals surface area (Å²) < 4.78 is 49.6. The van der Waals surface area contributed by atoms with Gasteiger partial charge in [0.15, 0.2) is 0 Å². The van der Waals surface area contributed by atoms with Crippen molar-refractivity contribution in [3.63, 3.8) is 0 Å². The maximum absolute atomic E-state index is 13.3. The topological polar surface area (TPSA) is 178 Å². The van der Waals surface area contributed by atoms with E-state index in [0.717, 1.165) is 15.4 Å². The average Bonchev–Trinajstić information content (AvgIpc) is 3.58. The highest BCUT2D eigenvalue weighted by Gasteiger charge is 2.40. The summed E-state index contributed by atoms with van der Waals surface area (Å²) in [5, 5.41) is 21.6. The molecular weight excluding hydrogens is 632 g/mol. The van der Waals surface area contributed by atoms with Gasteiger partial charge in [0, 0.05) is 20.1 Å². The van der Waals surface area contributed by atoms with Crippen LogP contribution in [-0.4, -0.2) is 94.0 Å². The first-order chi connectivity index (χ1) is 22.5. The fraction of sp³-hybridized carbons (Fsp3) is 0.364. The van der Waals surface area contributed by atoms with Crippen molar-refractivity contribution in [2.75, 3.05) is 41.1 Å². The first-order valence-corrected chi connectivity index (χ1v) is 16.2. The second-order valence-corrected chi connectivity index (χ2v) is 12.7. The lowest BCUT2D eigenvalue weighted by atomic mass is 9.98. The number of nitrogens with one attached hydrogen (secondary N) is 1. The third-order valence-electron chi connectivity index (χ3n) is 7.78. The first kappa shape index (κ1) is 35.4. The highest BCUT2D eigenvalue weighted by Crippen LogP contribution is 2.40. The molecule has 0 bridgehead atoms. The second kappa shape index (κ2) is 15.9. The number of methoxy groups -OCH3 is 3. The van der Waals surface area contributed by atoms with Crippen molar-refractivity contribution in [2.24, 2.45) is 0 Å². The molecule has 0 spiro atoms. The van der Waals surface area contributed by atoms with Crippen LogP contribution in [-0.2, 0) is 42.1 Å². The Morgan fingerprint density at radius 3 is 2.11 bits per heavy atom. The van der Waals surface area contributed by atoms with Gasteiger partial charge in [-0.15, -0.1) is 0 Å². The molecule has 0 radical (unpaired) electrons. The van der Waals surface area contributed by atoms with Crippen LogP contribution in [0, 0.1) is 0 Å². The number of hydrogen-bond acceptors (Lipinski definition) is 9. The van der Waals surface area contributed by atoms with E-state index in [1.807, 2.05) is 12.1 Å². The van der Waals surface area contributed by atoms with Crippen LogP contribution in [0.2, 0.25) is 0 Å². The largest absolute Gasteiger partial charge is 0.496 e. The summed E-state index contributed by atoms with van der Waals surface area (Å²) in [5.41, 5.74) is 2.85. The molecule has 1 aliphatic heterocycles. The summed E-state index contributed by atoms with van der Waals surface area (Å²) in [6, 6.07) is 13.0. The van der Waals surface area contributed by atoms with Crippen molar-refractivity contribution in [3.8, 4) is 22.6 Å². The van der Waals surface area contributed by atoms with Crippen LogP contribution in [0.1, 0.15) is 34.3 Å². The van der Waals surface area contributed by atoms with Gasteiger partial charge >= 0.3 is 11.9 Å². The molecule has 0 saturated carbocycles. The third kappa shape index (κ3) is 8.46. The number of amides is 1. The zero-order valence-electron chi connectivity index (χ0n) is 26.3. The van der Waals surface area contributed by atoms with Crippen LogP contribution in [0.4, 0.5) is 0 Å². The van der Waals surface area contributed by atoms with Gasteiger partial charge in [0.1, 0.15) is 23.6 Å². The lowest BCUT2D eigenvalue weighted by Crippen LogP contribution is -2.51. The van der Waals surface area contributed by atoms with E-state index in [1.165, 1.54) is 24.3 Å². The Bertz CT molecular complexity index is 1650. The fourth-order valence-electron chi connectivity index (χ4n) is 5.37. The Morgan fingerprint density at radius 2 is 1.55 bits per heavy atom. The molecule has 3 aromatic rings. The monoisotopic (exact) mass is 670 g/mol.